The maximum Gasteiger partial charge on any atom is 0.330 e. The molecule has 0 bridgehead atoms. The largest absolute Gasteiger partial charge is 0.463 e. The second kappa shape index (κ2) is 12.6. The summed E-state index contributed by atoms with van der Waals surface area (Å²) in [5.41, 5.74) is 0.00145. The van der Waals surface area contributed by atoms with E-state index in [0.717, 1.165) is 44.9 Å². The molecule has 0 aromatic carbocycles. The van der Waals surface area contributed by atoms with Crippen molar-refractivity contribution in [2.75, 3.05) is 40.5 Å². The highest BCUT2D eigenvalue weighted by molar-refractivity contribution is 7.69. The zero-order valence-corrected chi connectivity index (χ0v) is 15.8. The second-order valence-electron chi connectivity index (χ2n) is 6.81. The molecule has 0 aromatic heterocycles. The van der Waals surface area contributed by atoms with Crippen LogP contribution in [0.4, 0.5) is 0 Å². The highest BCUT2D eigenvalue weighted by Gasteiger charge is 2.21. The topological polar surface area (TPSA) is 63.6 Å². The van der Waals surface area contributed by atoms with Gasteiger partial charge in [0.05, 0.1) is 27.7 Å². The smallest absolute Gasteiger partial charge is 0.330 e. The SMILES string of the molecule is C=CC(=O)OCCCCCCCCCP(O)C(=O)C[N+](C)(C)C. The van der Waals surface area contributed by atoms with Gasteiger partial charge in [-0.15, -0.1) is 0 Å². The molecule has 0 radical (unpaired) electrons. The van der Waals surface area contributed by atoms with Crippen molar-refractivity contribution >= 4 is 19.6 Å². The number of hydrogen-bond acceptors (Lipinski definition) is 4. The minimum atomic E-state index is -1.46. The second-order valence-corrected chi connectivity index (χ2v) is 8.56. The molecule has 23 heavy (non-hydrogen) atoms. The lowest BCUT2D eigenvalue weighted by Crippen LogP contribution is -2.39. The first kappa shape index (κ1) is 22.2. The number of likely N-dealkylation sites (N-methyl/N-ethyl adjacent to an activating group) is 1. The number of hydrogen-bond donors (Lipinski definition) is 1. The Balaban J connectivity index is 3.44. The minimum absolute atomic E-state index is 0.00145. The van der Waals surface area contributed by atoms with Crippen molar-refractivity contribution in [2.45, 2.75) is 44.9 Å². The Morgan fingerprint density at radius 2 is 1.57 bits per heavy atom. The van der Waals surface area contributed by atoms with Crippen LogP contribution in [0, 0.1) is 0 Å². The van der Waals surface area contributed by atoms with Crippen molar-refractivity contribution in [1.29, 1.82) is 0 Å². The summed E-state index contributed by atoms with van der Waals surface area (Å²) in [5, 5.41) is 0. The molecule has 6 heteroatoms. The molecule has 5 nitrogen and oxygen atoms in total. The van der Waals surface area contributed by atoms with Crippen molar-refractivity contribution in [1.82, 2.24) is 0 Å². The summed E-state index contributed by atoms with van der Waals surface area (Å²) in [6.45, 7) is 4.21. The van der Waals surface area contributed by atoms with Crippen LogP contribution in [0.25, 0.3) is 0 Å². The molecule has 0 aromatic rings. The van der Waals surface area contributed by atoms with Crippen LogP contribution in [-0.4, -0.2) is 61.3 Å². The molecule has 0 saturated heterocycles. The molecule has 1 atom stereocenters. The summed E-state index contributed by atoms with van der Waals surface area (Å²) >= 11 is 0. The van der Waals surface area contributed by atoms with Crippen LogP contribution in [0.2, 0.25) is 0 Å². The van der Waals surface area contributed by atoms with E-state index in [1.807, 2.05) is 21.1 Å². The molecule has 0 spiro atoms. The number of unbranched alkanes of at least 4 members (excludes halogenated alkanes) is 6. The summed E-state index contributed by atoms with van der Waals surface area (Å²) < 4.78 is 5.47. The van der Waals surface area contributed by atoms with Crippen LogP contribution < -0.4 is 0 Å². The van der Waals surface area contributed by atoms with Crippen LogP contribution in [0.3, 0.4) is 0 Å². The summed E-state index contributed by atoms with van der Waals surface area (Å²) in [6.07, 6.45) is 9.13. The maximum atomic E-state index is 11.8. The van der Waals surface area contributed by atoms with Crippen molar-refractivity contribution in [3.63, 3.8) is 0 Å². The van der Waals surface area contributed by atoms with Gasteiger partial charge in [-0.25, -0.2) is 4.79 Å². The van der Waals surface area contributed by atoms with Gasteiger partial charge in [-0.05, 0) is 19.0 Å². The van der Waals surface area contributed by atoms with E-state index in [1.54, 1.807) is 0 Å². The number of carbonyl (C=O) groups excluding carboxylic acids is 2. The van der Waals surface area contributed by atoms with Crippen LogP contribution >= 0.6 is 8.15 Å². The standard InChI is InChI=1S/C17H33NO4P/c1-5-16(19)22-13-11-9-7-6-8-10-12-14-23(21)17(20)15-18(2,3)4/h5,21H,1,6-15H2,2-4H3/q+1. The van der Waals surface area contributed by atoms with Gasteiger partial charge in [0.25, 0.3) is 0 Å². The molecule has 0 rings (SSSR count). The van der Waals surface area contributed by atoms with Gasteiger partial charge in [0.2, 0.25) is 5.52 Å². The number of rotatable bonds is 14. The average Bonchev–Trinajstić information content (AvgIpc) is 2.46. The van der Waals surface area contributed by atoms with Crippen molar-refractivity contribution in [3.8, 4) is 0 Å². The van der Waals surface area contributed by atoms with Crippen LogP contribution in [-0.2, 0) is 14.3 Å². The lowest BCUT2D eigenvalue weighted by Gasteiger charge is -2.23. The van der Waals surface area contributed by atoms with Gasteiger partial charge in [0.1, 0.15) is 14.7 Å². The van der Waals surface area contributed by atoms with E-state index >= 15 is 0 Å². The lowest BCUT2D eigenvalue weighted by atomic mass is 10.1. The highest BCUT2D eigenvalue weighted by atomic mass is 31.1. The van der Waals surface area contributed by atoms with Gasteiger partial charge < -0.3 is 14.1 Å². The van der Waals surface area contributed by atoms with Crippen LogP contribution in [0.5, 0.6) is 0 Å². The first-order chi connectivity index (χ1) is 10.8. The Kier molecular flexibility index (Phi) is 12.2. The summed E-state index contributed by atoms with van der Waals surface area (Å²) in [5.74, 6) is -0.356. The normalized spacial score (nSPS) is 12.7. The van der Waals surface area contributed by atoms with Gasteiger partial charge in [-0.1, -0.05) is 38.7 Å². The van der Waals surface area contributed by atoms with Gasteiger partial charge in [0.15, 0.2) is 0 Å². The molecule has 0 aliphatic heterocycles. The summed E-state index contributed by atoms with van der Waals surface area (Å²) in [7, 11) is 4.42. The minimum Gasteiger partial charge on any atom is -0.463 e. The molecular formula is C17H33NO4P+. The molecule has 0 heterocycles. The third-order valence-electron chi connectivity index (χ3n) is 3.32. The molecule has 0 amide bonds. The predicted molar refractivity (Wildman–Crippen MR) is 95.4 cm³/mol. The monoisotopic (exact) mass is 346 g/mol. The van der Waals surface area contributed by atoms with Crippen molar-refractivity contribution in [2.24, 2.45) is 0 Å². The maximum absolute atomic E-state index is 11.8. The van der Waals surface area contributed by atoms with E-state index in [1.165, 1.54) is 6.08 Å². The Morgan fingerprint density at radius 3 is 2.09 bits per heavy atom. The van der Waals surface area contributed by atoms with Crippen LogP contribution in [0.1, 0.15) is 44.9 Å². The fourth-order valence-electron chi connectivity index (χ4n) is 2.09. The van der Waals surface area contributed by atoms with Gasteiger partial charge in [-0.2, -0.15) is 0 Å². The lowest BCUT2D eigenvalue weighted by molar-refractivity contribution is -0.861. The molecule has 0 aliphatic rings. The van der Waals surface area contributed by atoms with Crippen molar-refractivity contribution < 1.29 is 23.7 Å². The molecule has 0 saturated carbocycles. The Labute approximate surface area is 142 Å². The Bertz CT molecular complexity index is 366. The molecule has 0 fully saturated rings. The quantitative estimate of drug-likeness (QED) is 0.173. The van der Waals surface area contributed by atoms with E-state index in [4.69, 9.17) is 4.74 Å². The predicted octanol–water partition coefficient (Wildman–Crippen LogP) is 3.07. The number of ether oxygens (including phenoxy) is 1. The number of carbonyl (C=O) groups is 2. The molecule has 134 valence electrons. The van der Waals surface area contributed by atoms with Crippen molar-refractivity contribution in [3.05, 3.63) is 12.7 Å². The Morgan fingerprint density at radius 1 is 1.04 bits per heavy atom. The number of nitrogens with zero attached hydrogens (tertiary/aromatic N) is 1. The molecule has 0 aliphatic carbocycles. The molecule has 1 N–H and O–H groups in total. The van der Waals surface area contributed by atoms with E-state index in [0.29, 0.717) is 23.8 Å². The summed E-state index contributed by atoms with van der Waals surface area (Å²) in [4.78, 5) is 32.5. The number of esters is 1. The zero-order valence-electron chi connectivity index (χ0n) is 14.9. The Hall–Kier alpha value is -0.770. The van der Waals surface area contributed by atoms with Gasteiger partial charge in [0, 0.05) is 6.08 Å². The van der Waals surface area contributed by atoms with Gasteiger partial charge in [-0.3, -0.25) is 4.79 Å². The highest BCUT2D eigenvalue weighted by Crippen LogP contribution is 2.33. The molecule has 1 unspecified atom stereocenters. The zero-order chi connectivity index (χ0) is 17.7. The third-order valence-corrected chi connectivity index (χ3v) is 4.78. The van der Waals surface area contributed by atoms with Crippen LogP contribution in [0.15, 0.2) is 12.7 Å². The van der Waals surface area contributed by atoms with E-state index in [2.05, 4.69) is 6.58 Å². The average molecular weight is 346 g/mol. The van der Waals surface area contributed by atoms with E-state index in [9.17, 15) is 14.5 Å². The van der Waals surface area contributed by atoms with E-state index < -0.39 is 8.15 Å². The number of quaternary nitrogens is 1. The fraction of sp³-hybridized carbons (Fsp3) is 0.765. The summed E-state index contributed by atoms with van der Waals surface area (Å²) in [6, 6.07) is 0. The van der Waals surface area contributed by atoms with Gasteiger partial charge >= 0.3 is 5.97 Å². The first-order valence-electron chi connectivity index (χ1n) is 8.35. The van der Waals surface area contributed by atoms with E-state index in [-0.39, 0.29) is 11.5 Å². The first-order valence-corrected chi connectivity index (χ1v) is 9.83. The molecular weight excluding hydrogens is 313 g/mol. The fourth-order valence-corrected chi connectivity index (χ4v) is 3.45. The third kappa shape index (κ3) is 14.5.